The number of carbonyl (C=O) groups excluding carboxylic acids is 2. The average molecular weight is 417 g/mol. The van der Waals surface area contributed by atoms with E-state index in [0.29, 0.717) is 15.9 Å². The first-order valence-corrected chi connectivity index (χ1v) is 11.5. The molecule has 1 N–H and O–H groups in total. The first-order chi connectivity index (χ1) is 13.5. The zero-order valence-electron chi connectivity index (χ0n) is 16.1. The highest BCUT2D eigenvalue weighted by atomic mass is 32.2. The molecule has 6 nitrogen and oxygen atoms in total. The van der Waals surface area contributed by atoms with Crippen LogP contribution < -0.4 is 10.2 Å². The lowest BCUT2D eigenvalue weighted by atomic mass is 10.1. The normalized spacial score (nSPS) is 16.5. The number of aryl methyl sites for hydroxylation is 2. The zero-order valence-corrected chi connectivity index (χ0v) is 17.7. The van der Waals surface area contributed by atoms with E-state index in [1.807, 2.05) is 19.9 Å². The summed E-state index contributed by atoms with van der Waals surface area (Å²) in [7, 11) is 0. The molecule has 0 aliphatic heterocycles. The Hall–Kier alpha value is -1.93. The first kappa shape index (κ1) is 19.4. The van der Waals surface area contributed by atoms with Gasteiger partial charge >= 0.3 is 0 Å². The van der Waals surface area contributed by atoms with Gasteiger partial charge in [0.15, 0.2) is 4.34 Å². The van der Waals surface area contributed by atoms with Crippen LogP contribution in [-0.2, 0) is 22.4 Å². The molecule has 28 heavy (non-hydrogen) atoms. The van der Waals surface area contributed by atoms with E-state index in [0.717, 1.165) is 31.4 Å². The molecule has 0 bridgehead atoms. The van der Waals surface area contributed by atoms with Crippen LogP contribution in [0.15, 0.2) is 22.5 Å². The van der Waals surface area contributed by atoms with E-state index in [-0.39, 0.29) is 23.1 Å². The van der Waals surface area contributed by atoms with Crippen LogP contribution in [-0.4, -0.2) is 33.3 Å². The van der Waals surface area contributed by atoms with Gasteiger partial charge in [-0.1, -0.05) is 36.1 Å². The SMILES string of the molecule is CCC(=O)N(c1nnc(SC(C)C(=O)Nc2ccc3c(c2)CCC3)s1)C1CC1. The van der Waals surface area contributed by atoms with Gasteiger partial charge in [-0.15, -0.1) is 10.2 Å². The number of nitrogens with zero attached hydrogens (tertiary/aromatic N) is 3. The van der Waals surface area contributed by atoms with Crippen LogP contribution in [0, 0.1) is 0 Å². The summed E-state index contributed by atoms with van der Waals surface area (Å²) < 4.78 is 0.709. The number of hydrogen-bond acceptors (Lipinski definition) is 6. The molecule has 0 spiro atoms. The Kier molecular flexibility index (Phi) is 5.68. The molecule has 1 aromatic heterocycles. The molecule has 1 saturated carbocycles. The van der Waals surface area contributed by atoms with Crippen molar-refractivity contribution in [2.24, 2.45) is 0 Å². The van der Waals surface area contributed by atoms with Crippen LogP contribution >= 0.6 is 23.1 Å². The van der Waals surface area contributed by atoms with Crippen molar-refractivity contribution in [3.8, 4) is 0 Å². The van der Waals surface area contributed by atoms with Crippen LogP contribution in [0.4, 0.5) is 10.8 Å². The Labute approximate surface area is 173 Å². The van der Waals surface area contributed by atoms with E-state index < -0.39 is 0 Å². The molecule has 2 amide bonds. The lowest BCUT2D eigenvalue weighted by Gasteiger charge is -2.17. The maximum atomic E-state index is 12.6. The molecule has 1 aromatic carbocycles. The highest BCUT2D eigenvalue weighted by Crippen LogP contribution is 2.37. The molecule has 1 fully saturated rings. The van der Waals surface area contributed by atoms with E-state index in [1.165, 1.54) is 40.6 Å². The summed E-state index contributed by atoms with van der Waals surface area (Å²) in [5.41, 5.74) is 3.58. The summed E-state index contributed by atoms with van der Waals surface area (Å²) in [4.78, 5) is 26.6. The van der Waals surface area contributed by atoms with E-state index in [1.54, 1.807) is 4.90 Å². The van der Waals surface area contributed by atoms with E-state index in [4.69, 9.17) is 0 Å². The smallest absolute Gasteiger partial charge is 0.237 e. The van der Waals surface area contributed by atoms with Crippen molar-refractivity contribution in [2.75, 3.05) is 10.2 Å². The second-order valence-corrected chi connectivity index (χ2v) is 9.83. The van der Waals surface area contributed by atoms with Gasteiger partial charge in [-0.25, -0.2) is 0 Å². The van der Waals surface area contributed by atoms with Crippen LogP contribution in [0.1, 0.15) is 50.7 Å². The summed E-state index contributed by atoms with van der Waals surface area (Å²) in [5.74, 6) is 0.0287. The van der Waals surface area contributed by atoms with Gasteiger partial charge in [0, 0.05) is 18.2 Å². The van der Waals surface area contributed by atoms with E-state index in [2.05, 4.69) is 27.6 Å². The zero-order chi connectivity index (χ0) is 19.7. The minimum absolute atomic E-state index is 0.0524. The van der Waals surface area contributed by atoms with E-state index in [9.17, 15) is 9.59 Å². The number of thioether (sulfide) groups is 1. The minimum Gasteiger partial charge on any atom is -0.325 e. The van der Waals surface area contributed by atoms with Crippen molar-refractivity contribution in [2.45, 2.75) is 68.0 Å². The van der Waals surface area contributed by atoms with Gasteiger partial charge in [0.05, 0.1) is 5.25 Å². The van der Waals surface area contributed by atoms with Gasteiger partial charge in [0.25, 0.3) is 0 Å². The minimum atomic E-state index is -0.301. The Morgan fingerprint density at radius 2 is 2.07 bits per heavy atom. The number of hydrogen-bond donors (Lipinski definition) is 1. The van der Waals surface area contributed by atoms with Gasteiger partial charge in [-0.05, 0) is 62.3 Å². The molecule has 1 atom stereocenters. The van der Waals surface area contributed by atoms with Gasteiger partial charge in [-0.2, -0.15) is 0 Å². The van der Waals surface area contributed by atoms with Crippen molar-refractivity contribution < 1.29 is 9.59 Å². The van der Waals surface area contributed by atoms with Gasteiger partial charge in [0.2, 0.25) is 16.9 Å². The Balaban J connectivity index is 1.38. The monoisotopic (exact) mass is 416 g/mol. The Bertz CT molecular complexity index is 894. The number of nitrogens with one attached hydrogen (secondary N) is 1. The van der Waals surface area contributed by atoms with Crippen molar-refractivity contribution in [1.82, 2.24) is 10.2 Å². The van der Waals surface area contributed by atoms with Crippen molar-refractivity contribution in [1.29, 1.82) is 0 Å². The third kappa shape index (κ3) is 4.22. The maximum absolute atomic E-state index is 12.6. The number of amides is 2. The van der Waals surface area contributed by atoms with Crippen molar-refractivity contribution in [3.63, 3.8) is 0 Å². The molecule has 0 saturated heterocycles. The number of carbonyl (C=O) groups is 2. The molecule has 4 rings (SSSR count). The van der Waals surface area contributed by atoms with Gasteiger partial charge in [0.1, 0.15) is 0 Å². The largest absolute Gasteiger partial charge is 0.325 e. The number of rotatable bonds is 7. The Morgan fingerprint density at radius 1 is 1.29 bits per heavy atom. The number of anilines is 2. The molecule has 2 aliphatic rings. The third-order valence-corrected chi connectivity index (χ3v) is 7.20. The average Bonchev–Trinajstić information content (AvgIpc) is 3.22. The van der Waals surface area contributed by atoms with Crippen LogP contribution in [0.5, 0.6) is 0 Å². The highest BCUT2D eigenvalue weighted by molar-refractivity contribution is 8.02. The first-order valence-electron chi connectivity index (χ1n) is 9.80. The standard InChI is InChI=1S/C20H24N4O2S2/c1-3-17(25)24(16-9-10-16)19-22-23-20(28-19)27-12(2)18(26)21-15-8-7-13-5-4-6-14(13)11-15/h7-8,11-12,16H,3-6,9-10H2,1-2H3,(H,21,26). The molecule has 2 aromatic rings. The summed E-state index contributed by atoms with van der Waals surface area (Å²) >= 11 is 2.77. The van der Waals surface area contributed by atoms with Crippen LogP contribution in [0.25, 0.3) is 0 Å². The second-order valence-electron chi connectivity index (χ2n) is 7.29. The fraction of sp³-hybridized carbons (Fsp3) is 0.500. The molecule has 0 radical (unpaired) electrons. The summed E-state index contributed by atoms with van der Waals surface area (Å²) in [6, 6.07) is 6.44. The molecule has 1 heterocycles. The number of benzene rings is 1. The number of aromatic nitrogens is 2. The predicted octanol–water partition coefficient (Wildman–Crippen LogP) is 4.05. The van der Waals surface area contributed by atoms with Crippen LogP contribution in [0.2, 0.25) is 0 Å². The lowest BCUT2D eigenvalue weighted by molar-refractivity contribution is -0.118. The van der Waals surface area contributed by atoms with Crippen molar-refractivity contribution >= 4 is 45.7 Å². The fourth-order valence-electron chi connectivity index (χ4n) is 3.42. The number of fused-ring (bicyclic) bond motifs is 1. The van der Waals surface area contributed by atoms with Gasteiger partial charge < -0.3 is 5.32 Å². The van der Waals surface area contributed by atoms with Crippen LogP contribution in [0.3, 0.4) is 0 Å². The van der Waals surface area contributed by atoms with Gasteiger partial charge in [-0.3, -0.25) is 14.5 Å². The fourth-order valence-corrected chi connectivity index (χ4v) is 5.49. The quantitative estimate of drug-likeness (QED) is 0.544. The lowest BCUT2D eigenvalue weighted by Crippen LogP contribution is -2.32. The highest BCUT2D eigenvalue weighted by Gasteiger charge is 2.35. The summed E-state index contributed by atoms with van der Waals surface area (Å²) in [6.07, 6.45) is 5.91. The molecular weight excluding hydrogens is 392 g/mol. The molecule has 8 heteroatoms. The molecule has 1 unspecified atom stereocenters. The predicted molar refractivity (Wildman–Crippen MR) is 113 cm³/mol. The Morgan fingerprint density at radius 3 is 2.82 bits per heavy atom. The second kappa shape index (κ2) is 8.21. The molecule has 2 aliphatic carbocycles. The topological polar surface area (TPSA) is 75.2 Å². The maximum Gasteiger partial charge on any atom is 0.237 e. The third-order valence-electron chi connectivity index (χ3n) is 5.10. The van der Waals surface area contributed by atoms with Crippen molar-refractivity contribution in [3.05, 3.63) is 29.3 Å². The summed E-state index contributed by atoms with van der Waals surface area (Å²) in [5, 5.41) is 11.8. The molecular formula is C20H24N4O2S2. The van der Waals surface area contributed by atoms with E-state index >= 15 is 0 Å². The molecule has 148 valence electrons. The summed E-state index contributed by atoms with van der Waals surface area (Å²) in [6.45, 7) is 3.73.